The van der Waals surface area contributed by atoms with Gasteiger partial charge in [0.05, 0.1) is 6.61 Å². The zero-order valence-electron chi connectivity index (χ0n) is 18.6. The normalized spacial score (nSPS) is 17.8. The molecule has 1 aliphatic rings. The highest BCUT2D eigenvalue weighted by molar-refractivity contribution is 8.00. The predicted octanol–water partition coefficient (Wildman–Crippen LogP) is 0.595. The molecule has 0 aromatic heterocycles. The minimum absolute atomic E-state index is 0.0959. The molecule has 172 valence electrons. The van der Waals surface area contributed by atoms with Gasteiger partial charge in [-0.3, -0.25) is 10.1 Å². The van der Waals surface area contributed by atoms with Crippen molar-refractivity contribution in [1.82, 2.24) is 5.32 Å². The SMILES string of the molecule is C=c1ccc(=CC=C2CSC(C(NCc3ccccc3)C(=O)OCCC)[NH+]=C2C(=O)O)cc1. The minimum Gasteiger partial charge on any atom is -0.473 e. The third-order valence-electron chi connectivity index (χ3n) is 5.07. The van der Waals surface area contributed by atoms with Crippen LogP contribution in [0, 0.1) is 0 Å². The summed E-state index contributed by atoms with van der Waals surface area (Å²) in [7, 11) is 0. The van der Waals surface area contributed by atoms with Crippen LogP contribution in [0.4, 0.5) is 0 Å². The molecule has 2 atom stereocenters. The van der Waals surface area contributed by atoms with Gasteiger partial charge in [-0.05, 0) is 22.4 Å². The van der Waals surface area contributed by atoms with Gasteiger partial charge in [-0.1, -0.05) is 92.0 Å². The topological polar surface area (TPSA) is 89.6 Å². The van der Waals surface area contributed by atoms with E-state index in [-0.39, 0.29) is 5.71 Å². The Labute approximate surface area is 197 Å². The number of esters is 1. The molecule has 2 aromatic rings. The van der Waals surface area contributed by atoms with E-state index in [0.29, 0.717) is 30.9 Å². The van der Waals surface area contributed by atoms with Gasteiger partial charge in [-0.2, -0.15) is 0 Å². The summed E-state index contributed by atoms with van der Waals surface area (Å²) in [4.78, 5) is 27.9. The van der Waals surface area contributed by atoms with Crippen LogP contribution < -0.4 is 20.7 Å². The van der Waals surface area contributed by atoms with Crippen LogP contribution in [-0.4, -0.2) is 46.5 Å². The van der Waals surface area contributed by atoms with Crippen LogP contribution in [0.25, 0.3) is 12.7 Å². The summed E-state index contributed by atoms with van der Waals surface area (Å²) >= 11 is 1.48. The zero-order valence-corrected chi connectivity index (χ0v) is 19.4. The van der Waals surface area contributed by atoms with Crippen LogP contribution in [0.2, 0.25) is 0 Å². The molecule has 0 bridgehead atoms. The zero-order chi connectivity index (χ0) is 23.6. The van der Waals surface area contributed by atoms with Crippen molar-refractivity contribution in [2.24, 2.45) is 0 Å². The molecule has 0 saturated heterocycles. The van der Waals surface area contributed by atoms with E-state index in [4.69, 9.17) is 4.74 Å². The van der Waals surface area contributed by atoms with Crippen LogP contribution in [-0.2, 0) is 20.9 Å². The van der Waals surface area contributed by atoms with E-state index in [0.717, 1.165) is 16.0 Å². The number of ether oxygens (including phenoxy) is 1. The average molecular weight is 466 g/mol. The Hall–Kier alpha value is -3.16. The highest BCUT2D eigenvalue weighted by Crippen LogP contribution is 2.18. The van der Waals surface area contributed by atoms with Gasteiger partial charge in [0, 0.05) is 17.9 Å². The lowest BCUT2D eigenvalue weighted by molar-refractivity contribution is -0.476. The highest BCUT2D eigenvalue weighted by atomic mass is 32.2. The first kappa shape index (κ1) is 24.5. The Balaban J connectivity index is 1.85. The summed E-state index contributed by atoms with van der Waals surface area (Å²) in [5.41, 5.74) is 1.78. The van der Waals surface area contributed by atoms with Crippen LogP contribution in [0.1, 0.15) is 18.9 Å². The molecular weight excluding hydrogens is 436 g/mol. The Morgan fingerprint density at radius 3 is 2.61 bits per heavy atom. The number of nitrogens with one attached hydrogen (secondary N) is 2. The number of carboxylic acid groups (broad SMARTS) is 1. The average Bonchev–Trinajstić information content (AvgIpc) is 2.83. The van der Waals surface area contributed by atoms with E-state index < -0.39 is 23.4 Å². The van der Waals surface area contributed by atoms with Crippen LogP contribution in [0.3, 0.4) is 0 Å². The number of aliphatic carboxylic acids is 1. The molecule has 1 heterocycles. The second-order valence-electron chi connectivity index (χ2n) is 7.67. The number of hydrogen-bond acceptors (Lipinski definition) is 5. The van der Waals surface area contributed by atoms with E-state index in [9.17, 15) is 14.7 Å². The van der Waals surface area contributed by atoms with E-state index in [1.807, 2.05) is 67.6 Å². The molecule has 0 fully saturated rings. The molecule has 0 saturated carbocycles. The fourth-order valence-corrected chi connectivity index (χ4v) is 4.49. The number of allylic oxidation sites excluding steroid dienone is 1. The molecule has 3 N–H and O–H groups in total. The van der Waals surface area contributed by atoms with Crippen LogP contribution in [0.15, 0.2) is 66.2 Å². The second kappa shape index (κ2) is 12.2. The number of carboxylic acids is 1. The summed E-state index contributed by atoms with van der Waals surface area (Å²) < 4.78 is 5.40. The Morgan fingerprint density at radius 2 is 1.94 bits per heavy atom. The van der Waals surface area contributed by atoms with Crippen molar-refractivity contribution in [3.05, 3.63) is 82.2 Å². The van der Waals surface area contributed by atoms with Crippen molar-refractivity contribution in [3.8, 4) is 0 Å². The van der Waals surface area contributed by atoms with Crippen LogP contribution >= 0.6 is 11.8 Å². The molecule has 33 heavy (non-hydrogen) atoms. The van der Waals surface area contributed by atoms with Gasteiger partial charge in [0.2, 0.25) is 5.37 Å². The molecule has 0 spiro atoms. The van der Waals surface area contributed by atoms with E-state index in [2.05, 4.69) is 16.9 Å². The summed E-state index contributed by atoms with van der Waals surface area (Å²) in [6, 6.07) is 16.7. The van der Waals surface area contributed by atoms with Gasteiger partial charge in [-0.15, -0.1) is 0 Å². The molecule has 7 heteroatoms. The molecule has 3 rings (SSSR count). The van der Waals surface area contributed by atoms with Crippen molar-refractivity contribution in [1.29, 1.82) is 0 Å². The van der Waals surface area contributed by atoms with Crippen molar-refractivity contribution in [2.45, 2.75) is 31.3 Å². The number of benzene rings is 2. The van der Waals surface area contributed by atoms with Gasteiger partial charge in [0.15, 0.2) is 6.04 Å². The second-order valence-corrected chi connectivity index (χ2v) is 8.80. The Bertz CT molecular complexity index is 1120. The van der Waals surface area contributed by atoms with Gasteiger partial charge >= 0.3 is 11.9 Å². The molecule has 2 aromatic carbocycles. The van der Waals surface area contributed by atoms with Gasteiger partial charge in [-0.25, -0.2) is 9.79 Å². The first-order chi connectivity index (χ1) is 16.0. The lowest BCUT2D eigenvalue weighted by atomic mass is 10.1. The fourth-order valence-electron chi connectivity index (χ4n) is 3.29. The number of carbonyl (C=O) groups is 2. The number of thioether (sulfide) groups is 1. The summed E-state index contributed by atoms with van der Waals surface area (Å²) in [5, 5.41) is 14.5. The molecule has 0 amide bonds. The largest absolute Gasteiger partial charge is 0.473 e. The summed E-state index contributed by atoms with van der Waals surface area (Å²) in [6.07, 6.45) is 4.40. The smallest absolute Gasteiger partial charge is 0.401 e. The molecule has 2 unspecified atom stereocenters. The Kier molecular flexibility index (Phi) is 9.04. The maximum Gasteiger partial charge on any atom is 0.401 e. The van der Waals surface area contributed by atoms with Gasteiger partial charge in [0.1, 0.15) is 0 Å². The summed E-state index contributed by atoms with van der Waals surface area (Å²) in [6.45, 7) is 6.59. The third kappa shape index (κ3) is 7.17. The van der Waals surface area contributed by atoms with E-state index in [1.165, 1.54) is 11.8 Å². The van der Waals surface area contributed by atoms with Crippen molar-refractivity contribution < 1.29 is 24.4 Å². The first-order valence-electron chi connectivity index (χ1n) is 10.9. The highest BCUT2D eigenvalue weighted by Gasteiger charge is 2.39. The molecule has 1 aliphatic heterocycles. The number of carbonyl (C=O) groups excluding carboxylic acids is 1. The third-order valence-corrected chi connectivity index (χ3v) is 6.30. The Morgan fingerprint density at radius 1 is 1.21 bits per heavy atom. The van der Waals surface area contributed by atoms with Crippen molar-refractivity contribution in [2.75, 3.05) is 12.4 Å². The van der Waals surface area contributed by atoms with Crippen molar-refractivity contribution in [3.63, 3.8) is 0 Å². The van der Waals surface area contributed by atoms with E-state index >= 15 is 0 Å². The number of rotatable bonds is 9. The van der Waals surface area contributed by atoms with Gasteiger partial charge < -0.3 is 9.84 Å². The summed E-state index contributed by atoms with van der Waals surface area (Å²) in [5.74, 6) is -1.00. The lowest BCUT2D eigenvalue weighted by Gasteiger charge is -2.23. The van der Waals surface area contributed by atoms with E-state index in [1.54, 1.807) is 6.08 Å². The van der Waals surface area contributed by atoms with Gasteiger partial charge in [0.25, 0.3) is 5.71 Å². The standard InChI is InChI=1S/C26H28N2O4S/c1-3-15-32-26(31)23(27-16-20-7-5-4-6-8-20)24-28-22(25(29)30)21(17-33-24)14-13-19-11-9-18(2)10-12-19/h4-14,23-24,27H,2-3,15-17H2,1H3,(H,29,30)/p+1. The quantitative estimate of drug-likeness (QED) is 0.470. The monoisotopic (exact) mass is 465 g/mol. The first-order valence-corrected chi connectivity index (χ1v) is 11.9. The predicted molar refractivity (Wildman–Crippen MR) is 132 cm³/mol. The minimum atomic E-state index is -1.06. The molecule has 6 nitrogen and oxygen atoms in total. The number of hydrogen-bond donors (Lipinski definition) is 3. The van der Waals surface area contributed by atoms with Crippen LogP contribution in [0.5, 0.6) is 0 Å². The van der Waals surface area contributed by atoms with Crippen molar-refractivity contribution >= 4 is 42.1 Å². The molecular formula is C26H29N2O4S+. The maximum absolute atomic E-state index is 12.8. The molecule has 0 aliphatic carbocycles. The fraction of sp³-hybridized carbons (Fsp3) is 0.269. The molecule has 0 radical (unpaired) electrons. The lowest BCUT2D eigenvalue weighted by Crippen LogP contribution is -2.86. The maximum atomic E-state index is 12.8.